The van der Waals surface area contributed by atoms with Crippen molar-refractivity contribution in [2.24, 2.45) is 5.41 Å². The van der Waals surface area contributed by atoms with Gasteiger partial charge in [0.1, 0.15) is 11.6 Å². The summed E-state index contributed by atoms with van der Waals surface area (Å²) in [4.78, 5) is 28.0. The van der Waals surface area contributed by atoms with Crippen molar-refractivity contribution < 1.29 is 4.79 Å². The number of amides is 1. The van der Waals surface area contributed by atoms with Crippen molar-refractivity contribution in [3.05, 3.63) is 77.9 Å². The van der Waals surface area contributed by atoms with Crippen LogP contribution < -0.4 is 11.1 Å². The van der Waals surface area contributed by atoms with Crippen molar-refractivity contribution in [1.29, 1.82) is 0 Å². The molecule has 0 saturated carbocycles. The molecular formula is C23H28N6O. The van der Waals surface area contributed by atoms with E-state index in [9.17, 15) is 4.79 Å². The molecular weight excluding hydrogens is 376 g/mol. The van der Waals surface area contributed by atoms with Gasteiger partial charge in [-0.25, -0.2) is 9.97 Å². The van der Waals surface area contributed by atoms with Gasteiger partial charge in [-0.1, -0.05) is 39.0 Å². The first-order valence-corrected chi connectivity index (χ1v) is 9.91. The zero-order valence-corrected chi connectivity index (χ0v) is 17.7. The molecule has 3 heterocycles. The number of nitrogens with zero attached hydrogens (tertiary/aromatic N) is 4. The molecule has 3 aromatic rings. The number of pyridine rings is 3. The number of carbonyl (C=O) groups excluding carboxylic acids is 1. The van der Waals surface area contributed by atoms with E-state index in [1.165, 1.54) is 0 Å². The molecule has 0 saturated heterocycles. The molecule has 0 atom stereocenters. The lowest BCUT2D eigenvalue weighted by Gasteiger charge is -2.22. The van der Waals surface area contributed by atoms with Crippen molar-refractivity contribution >= 4 is 17.5 Å². The molecule has 0 aromatic carbocycles. The second-order valence-electron chi connectivity index (χ2n) is 8.24. The summed E-state index contributed by atoms with van der Waals surface area (Å²) in [5.41, 5.74) is 8.05. The quantitative estimate of drug-likeness (QED) is 0.624. The summed E-state index contributed by atoms with van der Waals surface area (Å²) in [5, 5.41) is 2.89. The number of nitrogen functional groups attached to an aromatic ring is 1. The maximum absolute atomic E-state index is 12.3. The van der Waals surface area contributed by atoms with E-state index in [2.05, 4.69) is 25.2 Å². The van der Waals surface area contributed by atoms with Gasteiger partial charge in [0.05, 0.1) is 17.1 Å². The lowest BCUT2D eigenvalue weighted by atomic mass is 9.96. The lowest BCUT2D eigenvalue weighted by molar-refractivity contribution is -0.123. The molecule has 3 N–H and O–H groups in total. The molecule has 0 aliphatic rings. The highest BCUT2D eigenvalue weighted by Gasteiger charge is 2.21. The molecule has 0 radical (unpaired) electrons. The predicted octanol–water partition coefficient (Wildman–Crippen LogP) is 3.64. The molecule has 0 aliphatic heterocycles. The third-order valence-electron chi connectivity index (χ3n) is 4.44. The Bertz CT molecular complexity index is 984. The highest BCUT2D eigenvalue weighted by Crippen LogP contribution is 2.17. The van der Waals surface area contributed by atoms with Gasteiger partial charge >= 0.3 is 0 Å². The fourth-order valence-electron chi connectivity index (χ4n) is 2.87. The Morgan fingerprint density at radius 3 is 2.17 bits per heavy atom. The van der Waals surface area contributed by atoms with E-state index >= 15 is 0 Å². The summed E-state index contributed by atoms with van der Waals surface area (Å²) >= 11 is 0. The van der Waals surface area contributed by atoms with E-state index in [0.29, 0.717) is 31.3 Å². The summed E-state index contributed by atoms with van der Waals surface area (Å²) in [6, 6.07) is 17.1. The topological polar surface area (TPSA) is 97.0 Å². The van der Waals surface area contributed by atoms with Crippen molar-refractivity contribution in [2.75, 3.05) is 11.1 Å². The SMILES string of the molecule is CC(C)(C)C(=O)Nc1cccc(CN(Cc2ccccn2)Cc2cccc(N)n2)n1. The molecule has 0 spiro atoms. The van der Waals surface area contributed by atoms with Gasteiger partial charge in [-0.2, -0.15) is 0 Å². The van der Waals surface area contributed by atoms with Crippen molar-refractivity contribution in [1.82, 2.24) is 19.9 Å². The number of aromatic nitrogens is 3. The van der Waals surface area contributed by atoms with Crippen LogP contribution >= 0.6 is 0 Å². The Balaban J connectivity index is 1.78. The molecule has 30 heavy (non-hydrogen) atoms. The maximum Gasteiger partial charge on any atom is 0.230 e. The highest BCUT2D eigenvalue weighted by atomic mass is 16.2. The standard InChI is InChI=1S/C23H28N6O/c1-23(2,3)22(30)28-21-12-7-10-19(27-21)16-29(14-17-8-4-5-13-25-17)15-18-9-6-11-20(24)26-18/h4-13H,14-16H2,1-3H3,(H2,24,26)(H,27,28,30). The summed E-state index contributed by atoms with van der Waals surface area (Å²) in [7, 11) is 0. The first-order chi connectivity index (χ1) is 14.3. The van der Waals surface area contributed by atoms with E-state index in [0.717, 1.165) is 17.1 Å². The summed E-state index contributed by atoms with van der Waals surface area (Å²) < 4.78 is 0. The predicted molar refractivity (Wildman–Crippen MR) is 118 cm³/mol. The van der Waals surface area contributed by atoms with E-state index in [4.69, 9.17) is 5.73 Å². The molecule has 0 bridgehead atoms. The van der Waals surface area contributed by atoms with Crippen molar-refractivity contribution in [3.8, 4) is 0 Å². The van der Waals surface area contributed by atoms with Crippen molar-refractivity contribution in [3.63, 3.8) is 0 Å². The van der Waals surface area contributed by atoms with Crippen LogP contribution in [0.25, 0.3) is 0 Å². The molecule has 7 nitrogen and oxygen atoms in total. The fraction of sp³-hybridized carbons (Fsp3) is 0.304. The van der Waals surface area contributed by atoms with Crippen LogP contribution in [-0.4, -0.2) is 25.8 Å². The molecule has 7 heteroatoms. The Morgan fingerprint density at radius 1 is 0.900 bits per heavy atom. The number of nitrogens with one attached hydrogen (secondary N) is 1. The van der Waals surface area contributed by atoms with Crippen LogP contribution in [0.3, 0.4) is 0 Å². The molecule has 1 amide bonds. The molecule has 0 unspecified atom stereocenters. The van der Waals surface area contributed by atoms with Crippen LogP contribution in [0.1, 0.15) is 37.9 Å². The number of carbonyl (C=O) groups is 1. The zero-order valence-electron chi connectivity index (χ0n) is 17.7. The highest BCUT2D eigenvalue weighted by molar-refractivity contribution is 5.93. The van der Waals surface area contributed by atoms with Crippen LogP contribution in [0, 0.1) is 5.41 Å². The lowest BCUT2D eigenvalue weighted by Crippen LogP contribution is -2.28. The van der Waals surface area contributed by atoms with E-state index in [-0.39, 0.29) is 5.91 Å². The number of rotatable bonds is 7. The van der Waals surface area contributed by atoms with E-state index < -0.39 is 5.41 Å². The first kappa shape index (κ1) is 21.4. The largest absolute Gasteiger partial charge is 0.384 e. The number of anilines is 2. The molecule has 3 rings (SSSR count). The van der Waals surface area contributed by atoms with Gasteiger partial charge < -0.3 is 11.1 Å². The minimum Gasteiger partial charge on any atom is -0.384 e. The second kappa shape index (κ2) is 9.45. The average Bonchev–Trinajstić information content (AvgIpc) is 2.68. The smallest absolute Gasteiger partial charge is 0.230 e. The van der Waals surface area contributed by atoms with Crippen molar-refractivity contribution in [2.45, 2.75) is 40.4 Å². The van der Waals surface area contributed by atoms with Crippen LogP contribution in [0.2, 0.25) is 0 Å². The Kier molecular flexibility index (Phi) is 6.74. The van der Waals surface area contributed by atoms with Gasteiger partial charge in [-0.15, -0.1) is 0 Å². The molecule has 0 fully saturated rings. The Hall–Kier alpha value is -3.32. The second-order valence-corrected chi connectivity index (χ2v) is 8.24. The summed E-state index contributed by atoms with van der Waals surface area (Å²) in [6.07, 6.45) is 1.78. The molecule has 0 aliphatic carbocycles. The number of hydrogen-bond donors (Lipinski definition) is 2. The van der Waals surface area contributed by atoms with Crippen LogP contribution in [0.5, 0.6) is 0 Å². The minimum atomic E-state index is -0.485. The summed E-state index contributed by atoms with van der Waals surface area (Å²) in [6.45, 7) is 7.43. The normalized spacial score (nSPS) is 11.5. The zero-order chi connectivity index (χ0) is 21.6. The Labute approximate surface area is 177 Å². The van der Waals surface area contributed by atoms with Gasteiger partial charge in [0.2, 0.25) is 5.91 Å². The fourth-order valence-corrected chi connectivity index (χ4v) is 2.87. The Morgan fingerprint density at radius 2 is 1.53 bits per heavy atom. The average molecular weight is 405 g/mol. The molecule has 3 aromatic heterocycles. The van der Waals surface area contributed by atoms with Gasteiger partial charge in [-0.05, 0) is 36.4 Å². The van der Waals surface area contributed by atoms with Gasteiger partial charge in [0.15, 0.2) is 0 Å². The van der Waals surface area contributed by atoms with Gasteiger partial charge in [-0.3, -0.25) is 14.7 Å². The van der Waals surface area contributed by atoms with Crippen LogP contribution in [0.4, 0.5) is 11.6 Å². The summed E-state index contributed by atoms with van der Waals surface area (Å²) in [5.74, 6) is 0.976. The minimum absolute atomic E-state index is 0.0681. The van der Waals surface area contributed by atoms with Gasteiger partial charge in [0.25, 0.3) is 0 Å². The number of hydrogen-bond acceptors (Lipinski definition) is 6. The van der Waals surface area contributed by atoms with E-state index in [1.807, 2.05) is 63.2 Å². The third-order valence-corrected chi connectivity index (χ3v) is 4.44. The van der Waals surface area contributed by atoms with Crippen LogP contribution in [-0.2, 0) is 24.4 Å². The van der Waals surface area contributed by atoms with Gasteiger partial charge in [0, 0.05) is 31.2 Å². The maximum atomic E-state index is 12.3. The third kappa shape index (κ3) is 6.35. The van der Waals surface area contributed by atoms with Crippen LogP contribution in [0.15, 0.2) is 60.8 Å². The first-order valence-electron chi connectivity index (χ1n) is 9.91. The number of nitrogens with two attached hydrogens (primary N) is 1. The molecule has 156 valence electrons. The monoisotopic (exact) mass is 404 g/mol. The van der Waals surface area contributed by atoms with E-state index in [1.54, 1.807) is 18.3 Å².